The molecule has 0 aliphatic rings. The van der Waals surface area contributed by atoms with E-state index in [4.69, 9.17) is 4.42 Å². The van der Waals surface area contributed by atoms with E-state index >= 15 is 0 Å². The molecule has 0 saturated heterocycles. The van der Waals surface area contributed by atoms with Gasteiger partial charge in [-0.05, 0) is 28.1 Å². The van der Waals surface area contributed by atoms with Crippen molar-refractivity contribution in [3.8, 4) is 0 Å². The van der Waals surface area contributed by atoms with Gasteiger partial charge < -0.3 is 9.32 Å². The zero-order valence-corrected chi connectivity index (χ0v) is 16.9. The molecule has 0 spiro atoms. The summed E-state index contributed by atoms with van der Waals surface area (Å²) in [5.74, 6) is -0.479. The van der Waals surface area contributed by atoms with Gasteiger partial charge in [0.1, 0.15) is 5.58 Å². The van der Waals surface area contributed by atoms with Crippen LogP contribution < -0.4 is 0 Å². The Labute approximate surface area is 158 Å². The van der Waals surface area contributed by atoms with E-state index in [-0.39, 0.29) is 17.4 Å². The zero-order chi connectivity index (χ0) is 18.2. The summed E-state index contributed by atoms with van der Waals surface area (Å²) >= 11 is 4.94. The molecule has 5 nitrogen and oxygen atoms in total. The molecule has 0 atom stereocenters. The molecule has 0 N–H and O–H groups in total. The molecule has 1 amide bonds. The minimum absolute atomic E-state index is 0.0877. The third-order valence-electron chi connectivity index (χ3n) is 3.66. The topological polar surface area (TPSA) is 67.6 Å². The summed E-state index contributed by atoms with van der Waals surface area (Å²) < 4.78 is 30.3. The van der Waals surface area contributed by atoms with Crippen molar-refractivity contribution < 1.29 is 17.6 Å². The second kappa shape index (κ2) is 6.93. The minimum atomic E-state index is -3.31. The molecule has 132 valence electrons. The fraction of sp³-hybridized carbons (Fsp3) is 0.235. The number of carbonyl (C=O) groups excluding carboxylic acids is 1. The highest BCUT2D eigenvalue weighted by molar-refractivity contribution is 9.10. The molecule has 8 heteroatoms. The molecule has 25 heavy (non-hydrogen) atoms. The van der Waals surface area contributed by atoms with Gasteiger partial charge in [0.25, 0.3) is 5.91 Å². The molecule has 0 unspecified atom stereocenters. The van der Waals surface area contributed by atoms with E-state index in [2.05, 4.69) is 15.9 Å². The number of sulfone groups is 1. The minimum Gasteiger partial charge on any atom is -0.451 e. The lowest BCUT2D eigenvalue weighted by Crippen LogP contribution is -2.26. The van der Waals surface area contributed by atoms with Gasteiger partial charge in [-0.2, -0.15) is 0 Å². The van der Waals surface area contributed by atoms with Crippen molar-refractivity contribution in [2.75, 3.05) is 13.3 Å². The number of para-hydroxylation sites is 1. The normalized spacial score (nSPS) is 11.8. The van der Waals surface area contributed by atoms with Crippen LogP contribution in [0.1, 0.15) is 21.0 Å². The Bertz CT molecular complexity index is 1040. The first-order valence-corrected chi connectivity index (χ1v) is 11.1. The first-order valence-electron chi connectivity index (χ1n) is 7.41. The second-order valence-electron chi connectivity index (χ2n) is 5.87. The number of fused-ring (bicyclic) bond motifs is 1. The average molecular weight is 442 g/mol. The van der Waals surface area contributed by atoms with Crippen molar-refractivity contribution in [1.82, 2.24) is 4.90 Å². The number of carbonyl (C=O) groups is 1. The van der Waals surface area contributed by atoms with Crippen LogP contribution in [-0.4, -0.2) is 32.5 Å². The van der Waals surface area contributed by atoms with Gasteiger partial charge in [0, 0.05) is 39.0 Å². The number of rotatable bonds is 5. The first kappa shape index (κ1) is 18.2. The summed E-state index contributed by atoms with van der Waals surface area (Å²) in [6, 6.07) is 9.03. The number of amides is 1. The molecular weight excluding hydrogens is 426 g/mol. The Morgan fingerprint density at radius 2 is 2.04 bits per heavy atom. The van der Waals surface area contributed by atoms with Crippen LogP contribution in [0, 0.1) is 0 Å². The first-order chi connectivity index (χ1) is 11.7. The molecule has 3 rings (SSSR count). The molecule has 2 heterocycles. The van der Waals surface area contributed by atoms with Crippen molar-refractivity contribution in [1.29, 1.82) is 0 Å². The number of furan rings is 1. The van der Waals surface area contributed by atoms with E-state index in [1.807, 2.05) is 11.4 Å². The van der Waals surface area contributed by atoms with Crippen molar-refractivity contribution >= 4 is 54.0 Å². The molecule has 0 saturated carbocycles. The summed E-state index contributed by atoms with van der Waals surface area (Å²) in [7, 11) is -1.64. The van der Waals surface area contributed by atoms with Gasteiger partial charge in [0.15, 0.2) is 15.6 Å². The number of thiophene rings is 1. The summed E-state index contributed by atoms with van der Waals surface area (Å²) in [5, 5.41) is 2.60. The number of nitrogens with zero attached hydrogens (tertiary/aromatic N) is 1. The van der Waals surface area contributed by atoms with Crippen LogP contribution in [-0.2, 0) is 22.1 Å². The Balaban J connectivity index is 1.98. The highest BCUT2D eigenvalue weighted by Crippen LogP contribution is 2.29. The molecule has 1 aromatic carbocycles. The molecule has 0 aliphatic carbocycles. The van der Waals surface area contributed by atoms with Gasteiger partial charge in [-0.25, -0.2) is 8.42 Å². The highest BCUT2D eigenvalue weighted by Gasteiger charge is 2.25. The van der Waals surface area contributed by atoms with Gasteiger partial charge in [-0.1, -0.05) is 18.2 Å². The van der Waals surface area contributed by atoms with E-state index in [9.17, 15) is 13.2 Å². The maximum atomic E-state index is 12.9. The van der Waals surface area contributed by atoms with Gasteiger partial charge in [-0.15, -0.1) is 11.3 Å². The molecule has 0 bridgehead atoms. The smallest absolute Gasteiger partial charge is 0.290 e. The van der Waals surface area contributed by atoms with Gasteiger partial charge in [-0.3, -0.25) is 4.79 Å². The highest BCUT2D eigenvalue weighted by atomic mass is 79.9. The van der Waals surface area contributed by atoms with E-state index in [1.54, 1.807) is 42.6 Å². The number of benzene rings is 1. The Kier molecular flexibility index (Phi) is 5.04. The standard InChI is InChI=1S/C17H16BrNO4S2/c1-19(8-12-7-11(18)9-24-12)17(20)16-14(10-25(2,21)22)13-5-3-4-6-15(13)23-16/h3-7,9H,8,10H2,1-2H3. The third kappa shape index (κ3) is 4.13. The maximum Gasteiger partial charge on any atom is 0.290 e. The van der Waals surface area contributed by atoms with Crippen LogP contribution in [0.25, 0.3) is 11.0 Å². The van der Waals surface area contributed by atoms with Crippen LogP contribution in [0.2, 0.25) is 0 Å². The van der Waals surface area contributed by atoms with Crippen molar-refractivity contribution in [2.45, 2.75) is 12.3 Å². The predicted octanol–water partition coefficient (Wildman–Crippen LogP) is 4.07. The summed E-state index contributed by atoms with van der Waals surface area (Å²) in [6.45, 7) is 0.421. The lowest BCUT2D eigenvalue weighted by Gasteiger charge is -2.15. The number of hydrogen-bond acceptors (Lipinski definition) is 5. The van der Waals surface area contributed by atoms with E-state index < -0.39 is 9.84 Å². The molecule has 0 aliphatic heterocycles. The summed E-state index contributed by atoms with van der Waals surface area (Å²) in [6.07, 6.45) is 1.15. The van der Waals surface area contributed by atoms with Gasteiger partial charge in [0.05, 0.1) is 12.3 Å². The maximum absolute atomic E-state index is 12.9. The van der Waals surface area contributed by atoms with Gasteiger partial charge >= 0.3 is 0 Å². The van der Waals surface area contributed by atoms with Gasteiger partial charge in [0.2, 0.25) is 0 Å². The lowest BCUT2D eigenvalue weighted by atomic mass is 10.1. The largest absolute Gasteiger partial charge is 0.451 e. The van der Waals surface area contributed by atoms with E-state index in [0.29, 0.717) is 23.1 Å². The van der Waals surface area contributed by atoms with Crippen LogP contribution >= 0.6 is 27.3 Å². The summed E-state index contributed by atoms with van der Waals surface area (Å²) in [5.41, 5.74) is 0.930. The van der Waals surface area contributed by atoms with Crippen molar-refractivity contribution in [3.05, 3.63) is 56.4 Å². The van der Waals surface area contributed by atoms with Crippen LogP contribution in [0.3, 0.4) is 0 Å². The van der Waals surface area contributed by atoms with Crippen LogP contribution in [0.4, 0.5) is 0 Å². The summed E-state index contributed by atoms with van der Waals surface area (Å²) in [4.78, 5) is 15.4. The Morgan fingerprint density at radius 1 is 1.32 bits per heavy atom. The second-order valence-corrected chi connectivity index (χ2v) is 9.92. The molecular formula is C17H16BrNO4S2. The number of hydrogen-bond donors (Lipinski definition) is 0. The monoisotopic (exact) mass is 441 g/mol. The predicted molar refractivity (Wildman–Crippen MR) is 103 cm³/mol. The fourth-order valence-electron chi connectivity index (χ4n) is 2.59. The number of halogens is 1. The quantitative estimate of drug-likeness (QED) is 0.598. The van der Waals surface area contributed by atoms with E-state index in [1.165, 1.54) is 4.90 Å². The van der Waals surface area contributed by atoms with Crippen molar-refractivity contribution in [3.63, 3.8) is 0 Å². The van der Waals surface area contributed by atoms with Crippen LogP contribution in [0.15, 0.2) is 44.6 Å². The SMILES string of the molecule is CN(Cc1cc(Br)cs1)C(=O)c1oc2ccccc2c1CS(C)(=O)=O. The molecule has 0 fully saturated rings. The average Bonchev–Trinajstić information content (AvgIpc) is 3.09. The zero-order valence-electron chi connectivity index (χ0n) is 13.7. The lowest BCUT2D eigenvalue weighted by molar-refractivity contribution is 0.0756. The van der Waals surface area contributed by atoms with E-state index in [0.717, 1.165) is 15.6 Å². The van der Waals surface area contributed by atoms with Crippen LogP contribution in [0.5, 0.6) is 0 Å². The molecule has 3 aromatic rings. The fourth-order valence-corrected chi connectivity index (χ4v) is 4.91. The third-order valence-corrected chi connectivity index (χ3v) is 6.16. The molecule has 2 aromatic heterocycles. The Hall–Kier alpha value is -1.64. The Morgan fingerprint density at radius 3 is 2.68 bits per heavy atom. The van der Waals surface area contributed by atoms with Crippen molar-refractivity contribution in [2.24, 2.45) is 0 Å². The molecule has 0 radical (unpaired) electrons.